The second-order valence-corrected chi connectivity index (χ2v) is 7.77. The summed E-state index contributed by atoms with van der Waals surface area (Å²) in [5.74, 6) is 0.109. The van der Waals surface area contributed by atoms with Gasteiger partial charge in [0.1, 0.15) is 6.54 Å². The van der Waals surface area contributed by atoms with Gasteiger partial charge in [-0.25, -0.2) is 13.9 Å². The monoisotopic (exact) mass is 410 g/mol. The van der Waals surface area contributed by atoms with Crippen LogP contribution in [0.5, 0.6) is 0 Å². The third-order valence-electron chi connectivity index (χ3n) is 4.67. The molecule has 0 radical (unpaired) electrons. The van der Waals surface area contributed by atoms with Gasteiger partial charge in [-0.3, -0.25) is 14.2 Å². The zero-order valence-corrected chi connectivity index (χ0v) is 16.8. The molecule has 29 heavy (non-hydrogen) atoms. The second-order valence-electron chi connectivity index (χ2n) is 7.34. The highest BCUT2D eigenvalue weighted by molar-refractivity contribution is 6.31. The summed E-state index contributed by atoms with van der Waals surface area (Å²) in [5, 5.41) is 5.21. The number of hydrogen-bond donors (Lipinski definition) is 0. The van der Waals surface area contributed by atoms with Gasteiger partial charge in [0, 0.05) is 17.1 Å². The molecule has 0 unspecified atom stereocenters. The average molecular weight is 411 g/mol. The first-order chi connectivity index (χ1) is 13.9. The fourth-order valence-electron chi connectivity index (χ4n) is 3.39. The van der Waals surface area contributed by atoms with Gasteiger partial charge in [0.15, 0.2) is 5.78 Å². The summed E-state index contributed by atoms with van der Waals surface area (Å²) in [5.41, 5.74) is 0.189. The summed E-state index contributed by atoms with van der Waals surface area (Å²) in [6.45, 7) is 4.13. The zero-order chi connectivity index (χ0) is 20.7. The smallest absolute Gasteiger partial charge is 0.292 e. The van der Waals surface area contributed by atoms with E-state index in [-0.39, 0.29) is 29.6 Å². The van der Waals surface area contributed by atoms with Crippen molar-refractivity contribution in [1.82, 2.24) is 18.7 Å². The van der Waals surface area contributed by atoms with Gasteiger partial charge in [0.25, 0.3) is 5.56 Å². The number of hydrogen-bond acceptors (Lipinski definition) is 4. The molecule has 0 fully saturated rings. The highest BCUT2D eigenvalue weighted by atomic mass is 35.5. The number of Topliss-reactive ketones (excluding diaryl/α,β-unsaturated/α-hetero) is 1. The fourth-order valence-corrected chi connectivity index (χ4v) is 3.58. The molecule has 0 atom stereocenters. The molecule has 0 amide bonds. The molecule has 2 aromatic heterocycles. The molecule has 148 valence electrons. The fraction of sp³-hybridized carbons (Fsp3) is 0.238. The number of para-hydroxylation sites is 1. The Balaban J connectivity index is 1.92. The van der Waals surface area contributed by atoms with E-state index in [2.05, 4.69) is 5.10 Å². The molecule has 2 heterocycles. The van der Waals surface area contributed by atoms with Gasteiger partial charge in [0.2, 0.25) is 5.78 Å². The van der Waals surface area contributed by atoms with Gasteiger partial charge in [-0.15, -0.1) is 5.10 Å². The Hall–Kier alpha value is -3.19. The Bertz CT molecular complexity index is 1360. The lowest BCUT2D eigenvalue weighted by Gasteiger charge is -2.11. The number of nitrogens with zero attached hydrogens (tertiary/aromatic N) is 4. The molecule has 0 saturated heterocycles. The molecular weight excluding hydrogens is 392 g/mol. The Kier molecular flexibility index (Phi) is 4.84. The lowest BCUT2D eigenvalue weighted by Crippen LogP contribution is -2.28. The van der Waals surface area contributed by atoms with Crippen LogP contribution >= 0.6 is 11.6 Å². The summed E-state index contributed by atoms with van der Waals surface area (Å²) in [7, 11) is 0. The minimum absolute atomic E-state index is 0.172. The lowest BCUT2D eigenvalue weighted by atomic mass is 10.1. The molecule has 2 aromatic carbocycles. The van der Waals surface area contributed by atoms with Gasteiger partial charge in [-0.05, 0) is 30.2 Å². The van der Waals surface area contributed by atoms with E-state index >= 15 is 0 Å². The number of carbonyl (C=O) groups excluding carboxylic acids is 1. The number of ketones is 1. The van der Waals surface area contributed by atoms with Gasteiger partial charge < -0.3 is 0 Å². The summed E-state index contributed by atoms with van der Waals surface area (Å²) in [6.07, 6.45) is 0. The van der Waals surface area contributed by atoms with E-state index < -0.39 is 5.69 Å². The van der Waals surface area contributed by atoms with Crippen LogP contribution in [0.2, 0.25) is 5.02 Å². The number of carbonyl (C=O) groups is 1. The van der Waals surface area contributed by atoms with Crippen molar-refractivity contribution in [3.63, 3.8) is 0 Å². The largest absolute Gasteiger partial charge is 0.352 e. The van der Waals surface area contributed by atoms with Crippen LogP contribution in [0.3, 0.4) is 0 Å². The topological polar surface area (TPSA) is 78.4 Å². The van der Waals surface area contributed by atoms with Crippen LogP contribution in [0, 0.1) is 5.92 Å². The molecular formula is C21H19ClN4O3. The third kappa shape index (κ3) is 3.38. The molecule has 0 spiro atoms. The van der Waals surface area contributed by atoms with Crippen molar-refractivity contribution in [1.29, 1.82) is 0 Å². The minimum Gasteiger partial charge on any atom is -0.292 e. The molecule has 0 aliphatic rings. The summed E-state index contributed by atoms with van der Waals surface area (Å²) in [6, 6.07) is 13.4. The van der Waals surface area contributed by atoms with Crippen molar-refractivity contribution in [3.05, 3.63) is 80.0 Å². The van der Waals surface area contributed by atoms with E-state index in [4.69, 9.17) is 11.6 Å². The number of benzene rings is 2. The molecule has 4 rings (SSSR count). The standard InChI is InChI=1S/C21H19ClN4O3/c1-13(2)11-24-19(28)16-8-3-4-9-17(16)26-20(24)23-25(21(26)29)12-18(27)14-6-5-7-15(22)10-14/h3-10,13H,11-12H2,1-2H3. The summed E-state index contributed by atoms with van der Waals surface area (Å²) in [4.78, 5) is 38.7. The maximum absolute atomic E-state index is 13.1. The van der Waals surface area contributed by atoms with E-state index in [1.807, 2.05) is 13.8 Å². The zero-order valence-electron chi connectivity index (χ0n) is 16.0. The van der Waals surface area contributed by atoms with Crippen LogP contribution in [0.1, 0.15) is 24.2 Å². The first kappa shape index (κ1) is 19.1. The Morgan fingerprint density at radius 1 is 1.10 bits per heavy atom. The molecule has 0 aliphatic heterocycles. The molecule has 8 heteroatoms. The van der Waals surface area contributed by atoms with Crippen molar-refractivity contribution in [2.75, 3.05) is 0 Å². The maximum atomic E-state index is 13.1. The van der Waals surface area contributed by atoms with Gasteiger partial charge in [0.05, 0.1) is 10.9 Å². The Morgan fingerprint density at radius 2 is 1.86 bits per heavy atom. The lowest BCUT2D eigenvalue weighted by molar-refractivity contribution is 0.0966. The normalized spacial score (nSPS) is 11.6. The molecule has 0 saturated carbocycles. The van der Waals surface area contributed by atoms with Crippen molar-refractivity contribution in [2.45, 2.75) is 26.9 Å². The van der Waals surface area contributed by atoms with Gasteiger partial charge in [-0.2, -0.15) is 0 Å². The van der Waals surface area contributed by atoms with Crippen LogP contribution in [-0.4, -0.2) is 24.5 Å². The summed E-state index contributed by atoms with van der Waals surface area (Å²) < 4.78 is 3.99. The number of fused-ring (bicyclic) bond motifs is 3. The maximum Gasteiger partial charge on any atom is 0.352 e. The highest BCUT2D eigenvalue weighted by Gasteiger charge is 2.19. The van der Waals surface area contributed by atoms with Crippen LogP contribution in [-0.2, 0) is 13.1 Å². The average Bonchev–Trinajstić information content (AvgIpc) is 3.01. The van der Waals surface area contributed by atoms with E-state index in [0.29, 0.717) is 28.0 Å². The minimum atomic E-state index is -0.468. The molecule has 0 aliphatic carbocycles. The first-order valence-corrected chi connectivity index (χ1v) is 9.64. The van der Waals surface area contributed by atoms with Crippen LogP contribution < -0.4 is 11.2 Å². The van der Waals surface area contributed by atoms with Gasteiger partial charge in [-0.1, -0.05) is 49.7 Å². The highest BCUT2D eigenvalue weighted by Crippen LogP contribution is 2.14. The third-order valence-corrected chi connectivity index (χ3v) is 4.91. The van der Waals surface area contributed by atoms with Crippen LogP contribution in [0.4, 0.5) is 0 Å². The Morgan fingerprint density at radius 3 is 2.59 bits per heavy atom. The van der Waals surface area contributed by atoms with Crippen LogP contribution in [0.15, 0.2) is 58.1 Å². The molecule has 4 aromatic rings. The molecule has 7 nitrogen and oxygen atoms in total. The van der Waals surface area contributed by atoms with E-state index in [9.17, 15) is 14.4 Å². The second kappa shape index (κ2) is 7.33. The van der Waals surface area contributed by atoms with Crippen LogP contribution in [0.25, 0.3) is 16.7 Å². The molecule has 0 N–H and O–H groups in total. The number of aromatic nitrogens is 4. The van der Waals surface area contributed by atoms with Crippen molar-refractivity contribution in [2.24, 2.45) is 5.92 Å². The quantitative estimate of drug-likeness (QED) is 0.474. The van der Waals surface area contributed by atoms with Crippen molar-refractivity contribution in [3.8, 4) is 0 Å². The Labute approximate surface area is 170 Å². The van der Waals surface area contributed by atoms with Crippen molar-refractivity contribution >= 4 is 34.1 Å². The number of rotatable bonds is 5. The first-order valence-electron chi connectivity index (χ1n) is 9.26. The van der Waals surface area contributed by atoms with Gasteiger partial charge >= 0.3 is 5.69 Å². The predicted molar refractivity (Wildman–Crippen MR) is 112 cm³/mol. The number of halogens is 1. The van der Waals surface area contributed by atoms with E-state index in [0.717, 1.165) is 4.68 Å². The molecule has 0 bridgehead atoms. The van der Waals surface area contributed by atoms with Crippen molar-refractivity contribution < 1.29 is 4.79 Å². The summed E-state index contributed by atoms with van der Waals surface area (Å²) >= 11 is 5.96. The van der Waals surface area contributed by atoms with E-state index in [1.165, 1.54) is 8.97 Å². The SMILES string of the molecule is CC(C)Cn1c(=O)c2ccccc2n2c(=O)n(CC(=O)c3cccc(Cl)c3)nc12. The van der Waals surface area contributed by atoms with E-state index in [1.54, 1.807) is 48.5 Å². The predicted octanol–water partition coefficient (Wildman–Crippen LogP) is 3.00.